The van der Waals surface area contributed by atoms with Gasteiger partial charge in [-0.3, -0.25) is 9.48 Å². The molecule has 0 unspecified atom stereocenters. The summed E-state index contributed by atoms with van der Waals surface area (Å²) < 4.78 is 41.6. The van der Waals surface area contributed by atoms with Gasteiger partial charge < -0.3 is 20.2 Å². The van der Waals surface area contributed by atoms with Crippen molar-refractivity contribution in [2.75, 3.05) is 34.8 Å². The summed E-state index contributed by atoms with van der Waals surface area (Å²) in [6.07, 6.45) is 5.19. The van der Waals surface area contributed by atoms with Crippen LogP contribution in [0.5, 0.6) is 0 Å². The molecule has 1 aromatic carbocycles. The van der Waals surface area contributed by atoms with Crippen LogP contribution in [0, 0.1) is 17.5 Å². The zero-order valence-electron chi connectivity index (χ0n) is 19.4. The summed E-state index contributed by atoms with van der Waals surface area (Å²) in [4.78, 5) is 25.4. The Labute approximate surface area is 200 Å². The third-order valence-corrected chi connectivity index (χ3v) is 5.83. The van der Waals surface area contributed by atoms with Crippen molar-refractivity contribution in [2.45, 2.75) is 39.4 Å². The van der Waals surface area contributed by atoms with Crippen LogP contribution in [0.1, 0.15) is 31.4 Å². The molecule has 1 amide bonds. The van der Waals surface area contributed by atoms with E-state index < -0.39 is 23.5 Å². The number of carbonyl (C=O) groups excluding carboxylic acids is 1. The third-order valence-electron chi connectivity index (χ3n) is 5.83. The highest BCUT2D eigenvalue weighted by molar-refractivity contribution is 6.04. The maximum absolute atomic E-state index is 13.5. The molecule has 0 radical (unpaired) electrons. The smallest absolute Gasteiger partial charge is 0.249 e. The zero-order valence-corrected chi connectivity index (χ0v) is 19.4. The molecule has 4 rings (SSSR count). The van der Waals surface area contributed by atoms with Gasteiger partial charge in [-0.25, -0.2) is 18.2 Å². The van der Waals surface area contributed by atoms with Crippen LogP contribution in [-0.4, -0.2) is 56.5 Å². The van der Waals surface area contributed by atoms with Crippen LogP contribution < -0.4 is 15.1 Å². The van der Waals surface area contributed by atoms with Crippen molar-refractivity contribution in [1.82, 2.24) is 19.7 Å². The Balaban J connectivity index is 1.48. The summed E-state index contributed by atoms with van der Waals surface area (Å²) in [5, 5.41) is 16.8. The fourth-order valence-corrected chi connectivity index (χ4v) is 4.18. The van der Waals surface area contributed by atoms with Crippen molar-refractivity contribution in [3.05, 3.63) is 59.3 Å². The molecule has 1 aliphatic rings. The first-order valence-electron chi connectivity index (χ1n) is 11.3. The van der Waals surface area contributed by atoms with Crippen LogP contribution in [0.2, 0.25) is 0 Å². The lowest BCUT2D eigenvalue weighted by Crippen LogP contribution is -2.54. The van der Waals surface area contributed by atoms with Gasteiger partial charge in [0.25, 0.3) is 0 Å². The highest BCUT2D eigenvalue weighted by Gasteiger charge is 2.38. The number of likely N-dealkylation sites (N-methyl/N-ethyl adjacent to an activating group) is 2. The van der Waals surface area contributed by atoms with Gasteiger partial charge in [0.05, 0.1) is 18.9 Å². The van der Waals surface area contributed by atoms with Gasteiger partial charge in [-0.2, -0.15) is 10.1 Å². The Hall–Kier alpha value is -3.67. The number of fused-ring (bicyclic) bond motifs is 1. The molecule has 2 aromatic heterocycles. The quantitative estimate of drug-likeness (QED) is 0.446. The number of benzene rings is 1. The molecule has 3 heterocycles. The van der Waals surface area contributed by atoms with E-state index in [1.54, 1.807) is 23.5 Å². The van der Waals surface area contributed by atoms with Crippen molar-refractivity contribution in [3.8, 4) is 0 Å². The Morgan fingerprint density at radius 3 is 2.49 bits per heavy atom. The number of halogens is 3. The molecule has 0 bridgehead atoms. The highest BCUT2D eigenvalue weighted by atomic mass is 19.2. The number of amides is 1. The van der Waals surface area contributed by atoms with Crippen molar-refractivity contribution >= 4 is 23.4 Å². The molecule has 0 spiro atoms. The van der Waals surface area contributed by atoms with Crippen LogP contribution in [0.3, 0.4) is 0 Å². The fraction of sp³-hybridized carbons (Fsp3) is 0.391. The number of anilines is 3. The number of carbonyl (C=O) groups is 1. The summed E-state index contributed by atoms with van der Waals surface area (Å²) in [6.45, 7) is 5.08. The number of nitrogens with one attached hydrogen (secondary N) is 1. The van der Waals surface area contributed by atoms with Gasteiger partial charge in [0, 0.05) is 38.0 Å². The van der Waals surface area contributed by atoms with Crippen molar-refractivity contribution in [1.29, 1.82) is 0 Å². The number of hydrogen-bond acceptors (Lipinski definition) is 7. The van der Waals surface area contributed by atoms with Crippen molar-refractivity contribution in [3.63, 3.8) is 0 Å². The second-order valence-corrected chi connectivity index (χ2v) is 8.07. The molecule has 12 heteroatoms. The maximum atomic E-state index is 13.5. The monoisotopic (exact) mass is 489 g/mol. The minimum absolute atomic E-state index is 0.0715. The lowest BCUT2D eigenvalue weighted by Gasteiger charge is -2.41. The van der Waals surface area contributed by atoms with E-state index in [1.807, 2.05) is 18.7 Å². The normalized spacial score (nSPS) is 15.5. The summed E-state index contributed by atoms with van der Waals surface area (Å²) >= 11 is 0. The van der Waals surface area contributed by atoms with E-state index in [0.717, 1.165) is 17.7 Å². The SMILES string of the molecule is CCN1C(=O)[C@H](CCO)N(CC)c2nc(NCc3cnn(Cc4cc(F)c(F)c(F)c4)c3)ncc21. The molecule has 35 heavy (non-hydrogen) atoms. The van der Waals surface area contributed by atoms with Gasteiger partial charge >= 0.3 is 0 Å². The molecule has 3 aromatic rings. The predicted molar refractivity (Wildman–Crippen MR) is 124 cm³/mol. The van der Waals surface area contributed by atoms with E-state index in [1.165, 1.54) is 4.68 Å². The average Bonchev–Trinajstić information content (AvgIpc) is 3.29. The molecule has 0 fully saturated rings. The first-order valence-corrected chi connectivity index (χ1v) is 11.3. The van der Waals surface area contributed by atoms with Gasteiger partial charge in [-0.15, -0.1) is 0 Å². The van der Waals surface area contributed by atoms with Crippen LogP contribution in [0.4, 0.5) is 30.6 Å². The Bertz CT molecular complexity index is 1200. The van der Waals surface area contributed by atoms with Crippen LogP contribution >= 0.6 is 0 Å². The molecule has 1 aliphatic heterocycles. The molecule has 9 nitrogen and oxygen atoms in total. The first kappa shape index (κ1) is 24.5. The number of aliphatic hydroxyl groups excluding tert-OH is 1. The number of aromatic nitrogens is 4. The summed E-state index contributed by atoms with van der Waals surface area (Å²) in [7, 11) is 0. The highest BCUT2D eigenvalue weighted by Crippen LogP contribution is 2.35. The van der Waals surface area contributed by atoms with E-state index in [0.29, 0.717) is 43.5 Å². The van der Waals surface area contributed by atoms with Crippen LogP contribution in [0.15, 0.2) is 30.7 Å². The molecule has 0 aliphatic carbocycles. The minimum Gasteiger partial charge on any atom is -0.396 e. The number of aliphatic hydroxyl groups is 1. The maximum Gasteiger partial charge on any atom is 0.249 e. The van der Waals surface area contributed by atoms with Gasteiger partial charge in [0.15, 0.2) is 23.3 Å². The predicted octanol–water partition coefficient (Wildman–Crippen LogP) is 2.69. The number of nitrogens with zero attached hydrogens (tertiary/aromatic N) is 6. The van der Waals surface area contributed by atoms with E-state index in [-0.39, 0.29) is 24.6 Å². The van der Waals surface area contributed by atoms with Crippen molar-refractivity contribution in [2.24, 2.45) is 0 Å². The van der Waals surface area contributed by atoms with Gasteiger partial charge in [0.2, 0.25) is 11.9 Å². The van der Waals surface area contributed by atoms with E-state index >= 15 is 0 Å². The van der Waals surface area contributed by atoms with Gasteiger partial charge in [-0.05, 0) is 38.0 Å². The zero-order chi connectivity index (χ0) is 25.1. The molecule has 0 saturated carbocycles. The molecule has 186 valence electrons. The Morgan fingerprint density at radius 1 is 1.09 bits per heavy atom. The number of rotatable bonds is 9. The molecule has 1 atom stereocenters. The first-order chi connectivity index (χ1) is 16.9. The van der Waals surface area contributed by atoms with Crippen LogP contribution in [0.25, 0.3) is 0 Å². The fourth-order valence-electron chi connectivity index (χ4n) is 4.18. The summed E-state index contributed by atoms with van der Waals surface area (Å²) in [5.74, 6) is -3.12. The lowest BCUT2D eigenvalue weighted by atomic mass is 10.1. The average molecular weight is 490 g/mol. The standard InChI is InChI=1S/C23H26F3N7O2/c1-3-32-18(5-6-34)22(35)33(4-2)19-11-28-23(30-21(19)32)27-9-15-10-29-31(13-15)12-14-7-16(24)20(26)17(25)8-14/h7-8,10-11,13,18,34H,3-6,9,12H2,1-2H3,(H,27,28,30)/t18-/m0/s1. The van der Waals surface area contributed by atoms with Gasteiger partial charge in [-0.1, -0.05) is 0 Å². The molecule has 2 N–H and O–H groups in total. The minimum atomic E-state index is -1.50. The molecular weight excluding hydrogens is 463 g/mol. The Morgan fingerprint density at radius 2 is 1.83 bits per heavy atom. The van der Waals surface area contributed by atoms with E-state index in [4.69, 9.17) is 0 Å². The molecular formula is C23H26F3N7O2. The summed E-state index contributed by atoms with van der Waals surface area (Å²) in [6, 6.07) is 1.37. The lowest BCUT2D eigenvalue weighted by molar-refractivity contribution is -0.120. The van der Waals surface area contributed by atoms with Crippen molar-refractivity contribution < 1.29 is 23.1 Å². The second-order valence-electron chi connectivity index (χ2n) is 8.07. The summed E-state index contributed by atoms with van der Waals surface area (Å²) in [5.41, 5.74) is 1.63. The largest absolute Gasteiger partial charge is 0.396 e. The topological polar surface area (TPSA) is 99.4 Å². The van der Waals surface area contributed by atoms with E-state index in [9.17, 15) is 23.1 Å². The number of hydrogen-bond donors (Lipinski definition) is 2. The van der Waals surface area contributed by atoms with E-state index in [2.05, 4.69) is 20.4 Å². The second kappa shape index (κ2) is 10.3. The van der Waals surface area contributed by atoms with Gasteiger partial charge in [0.1, 0.15) is 11.7 Å². The Kier molecular flexibility index (Phi) is 7.20. The van der Waals surface area contributed by atoms with Crippen LogP contribution in [-0.2, 0) is 17.9 Å². The molecule has 0 saturated heterocycles. The third kappa shape index (κ3) is 4.92.